The van der Waals surface area contributed by atoms with Crippen molar-refractivity contribution in [2.75, 3.05) is 6.61 Å². The Bertz CT molecular complexity index is 556. The Hall–Kier alpha value is 0.460. The third-order valence-electron chi connectivity index (χ3n) is 2.23. The molecular weight excluding hydrogens is 502 g/mol. The quantitative estimate of drug-likeness (QED) is 0.494. The van der Waals surface area contributed by atoms with E-state index in [-0.39, 0.29) is 13.2 Å². The van der Waals surface area contributed by atoms with E-state index in [4.69, 9.17) is 5.11 Å². The largest absolute Gasteiger partial charge is 0.394 e. The van der Waals surface area contributed by atoms with Crippen molar-refractivity contribution in [1.82, 2.24) is 15.0 Å². The lowest BCUT2D eigenvalue weighted by Gasteiger charge is -2.04. The number of aromatic nitrogens is 3. The molecule has 0 aliphatic heterocycles. The van der Waals surface area contributed by atoms with Crippen molar-refractivity contribution >= 4 is 74.8 Å². The minimum atomic E-state index is -0.878. The molecule has 1 heterocycles. The molecule has 1 aromatic carbocycles. The number of benzene rings is 1. The summed E-state index contributed by atoms with van der Waals surface area (Å²) in [5, 5.41) is 26.7. The van der Waals surface area contributed by atoms with Crippen LogP contribution in [-0.2, 0) is 6.54 Å². The van der Waals surface area contributed by atoms with Gasteiger partial charge in [-0.3, -0.25) is 0 Å². The van der Waals surface area contributed by atoms with E-state index in [1.807, 2.05) is 0 Å². The Balaban J connectivity index is 2.57. The van der Waals surface area contributed by atoms with Gasteiger partial charge in [0, 0.05) is 8.95 Å². The number of rotatable bonds is 3. The number of fused-ring (bicyclic) bond motifs is 1. The van der Waals surface area contributed by atoms with Gasteiger partial charge in [0.05, 0.1) is 28.2 Å². The van der Waals surface area contributed by atoms with Crippen LogP contribution in [0.15, 0.2) is 17.9 Å². The zero-order chi connectivity index (χ0) is 13.4. The van der Waals surface area contributed by atoms with Gasteiger partial charge < -0.3 is 10.2 Å². The standard InChI is InChI=1S/C9H7Br4N3O2/c10-4-5(11)7(13)9-8(6(4)12)14-16(15-9)1-3(18)2-17/h3,17-18H,1-2H2/t3-/m1/s1. The number of nitrogens with zero attached hydrogens (tertiary/aromatic N) is 3. The number of aliphatic hydroxyl groups excluding tert-OH is 2. The average Bonchev–Trinajstić information content (AvgIpc) is 2.77. The van der Waals surface area contributed by atoms with E-state index in [0.29, 0.717) is 11.0 Å². The van der Waals surface area contributed by atoms with Crippen LogP contribution in [0.4, 0.5) is 0 Å². The summed E-state index contributed by atoms with van der Waals surface area (Å²) in [4.78, 5) is 1.36. The molecule has 1 aromatic heterocycles. The first-order valence-corrected chi connectivity index (χ1v) is 7.98. The Kier molecular flexibility index (Phi) is 4.82. The fourth-order valence-corrected chi connectivity index (χ4v) is 3.61. The van der Waals surface area contributed by atoms with E-state index < -0.39 is 6.10 Å². The summed E-state index contributed by atoms with van der Waals surface area (Å²) in [5.41, 5.74) is 1.34. The second kappa shape index (κ2) is 5.84. The van der Waals surface area contributed by atoms with Gasteiger partial charge in [-0.15, -0.1) is 0 Å². The van der Waals surface area contributed by atoms with Crippen LogP contribution < -0.4 is 0 Å². The van der Waals surface area contributed by atoms with Crippen LogP contribution in [0.3, 0.4) is 0 Å². The van der Waals surface area contributed by atoms with Crippen LogP contribution in [0.25, 0.3) is 11.0 Å². The molecule has 5 nitrogen and oxygen atoms in total. The van der Waals surface area contributed by atoms with E-state index in [1.165, 1.54) is 4.80 Å². The Morgan fingerprint density at radius 1 is 0.944 bits per heavy atom. The zero-order valence-corrected chi connectivity index (χ0v) is 15.1. The molecule has 0 unspecified atom stereocenters. The number of hydrogen-bond acceptors (Lipinski definition) is 4. The van der Waals surface area contributed by atoms with Crippen LogP contribution in [0, 0.1) is 0 Å². The number of halogens is 4. The van der Waals surface area contributed by atoms with Gasteiger partial charge in [0.1, 0.15) is 11.0 Å². The van der Waals surface area contributed by atoms with Gasteiger partial charge in [0.15, 0.2) is 0 Å². The van der Waals surface area contributed by atoms with E-state index in [0.717, 1.165) is 17.9 Å². The maximum atomic E-state index is 9.39. The summed E-state index contributed by atoms with van der Waals surface area (Å²) in [6.45, 7) is -0.188. The third kappa shape index (κ3) is 2.66. The number of aliphatic hydroxyl groups is 2. The molecule has 0 fully saturated rings. The molecule has 2 rings (SSSR count). The highest BCUT2D eigenvalue weighted by Crippen LogP contribution is 2.41. The van der Waals surface area contributed by atoms with Gasteiger partial charge >= 0.3 is 0 Å². The average molecular weight is 509 g/mol. The molecule has 0 spiro atoms. The molecule has 0 saturated carbocycles. The van der Waals surface area contributed by atoms with Crippen LogP contribution in [0.1, 0.15) is 0 Å². The van der Waals surface area contributed by atoms with Crippen LogP contribution in [0.2, 0.25) is 0 Å². The smallest absolute Gasteiger partial charge is 0.129 e. The van der Waals surface area contributed by atoms with Gasteiger partial charge in [-0.05, 0) is 63.7 Å². The molecular formula is C9H7Br4N3O2. The molecule has 0 aliphatic rings. The first kappa shape index (κ1) is 14.9. The predicted octanol–water partition coefficient (Wildman–Crippen LogP) is 2.83. The van der Waals surface area contributed by atoms with Crippen molar-refractivity contribution in [3.05, 3.63) is 17.9 Å². The molecule has 0 radical (unpaired) electrons. The zero-order valence-electron chi connectivity index (χ0n) is 8.74. The van der Waals surface area contributed by atoms with Crippen molar-refractivity contribution in [2.24, 2.45) is 0 Å². The van der Waals surface area contributed by atoms with E-state index in [1.54, 1.807) is 0 Å². The second-order valence-corrected chi connectivity index (χ2v) is 6.72. The fraction of sp³-hybridized carbons (Fsp3) is 0.333. The molecule has 18 heavy (non-hydrogen) atoms. The highest BCUT2D eigenvalue weighted by Gasteiger charge is 2.18. The molecule has 98 valence electrons. The summed E-state index contributed by atoms with van der Waals surface area (Å²) in [7, 11) is 0. The van der Waals surface area contributed by atoms with Gasteiger partial charge in [-0.1, -0.05) is 0 Å². The van der Waals surface area contributed by atoms with Crippen molar-refractivity contribution < 1.29 is 10.2 Å². The van der Waals surface area contributed by atoms with Crippen molar-refractivity contribution in [1.29, 1.82) is 0 Å². The topological polar surface area (TPSA) is 71.2 Å². The van der Waals surface area contributed by atoms with Crippen LogP contribution in [0.5, 0.6) is 0 Å². The van der Waals surface area contributed by atoms with Gasteiger partial charge in [0.2, 0.25) is 0 Å². The monoisotopic (exact) mass is 505 g/mol. The summed E-state index contributed by atoms with van der Waals surface area (Å²) in [6, 6.07) is 0. The lowest BCUT2D eigenvalue weighted by Crippen LogP contribution is -2.21. The minimum Gasteiger partial charge on any atom is -0.394 e. The highest BCUT2D eigenvalue weighted by molar-refractivity contribution is 9.15. The van der Waals surface area contributed by atoms with Crippen molar-refractivity contribution in [2.45, 2.75) is 12.6 Å². The second-order valence-electron chi connectivity index (χ2n) is 3.54. The lowest BCUT2D eigenvalue weighted by atomic mass is 10.3. The molecule has 0 amide bonds. The maximum absolute atomic E-state index is 9.39. The maximum Gasteiger partial charge on any atom is 0.129 e. The molecule has 9 heteroatoms. The Morgan fingerprint density at radius 2 is 1.39 bits per heavy atom. The first-order valence-electron chi connectivity index (χ1n) is 4.81. The molecule has 0 bridgehead atoms. The van der Waals surface area contributed by atoms with Gasteiger partial charge in [-0.25, -0.2) is 0 Å². The van der Waals surface area contributed by atoms with Crippen LogP contribution >= 0.6 is 63.7 Å². The molecule has 2 N–H and O–H groups in total. The Labute approximate surface area is 136 Å². The van der Waals surface area contributed by atoms with Crippen molar-refractivity contribution in [3.63, 3.8) is 0 Å². The molecule has 2 aromatic rings. The predicted molar refractivity (Wildman–Crippen MR) is 81.4 cm³/mol. The normalized spacial score (nSPS) is 13.2. The fourth-order valence-electron chi connectivity index (χ4n) is 1.37. The van der Waals surface area contributed by atoms with Gasteiger partial charge in [0.25, 0.3) is 0 Å². The van der Waals surface area contributed by atoms with Gasteiger partial charge in [-0.2, -0.15) is 15.0 Å². The first-order chi connectivity index (χ1) is 8.45. The van der Waals surface area contributed by atoms with E-state index >= 15 is 0 Å². The van der Waals surface area contributed by atoms with E-state index in [2.05, 4.69) is 73.9 Å². The summed E-state index contributed by atoms with van der Waals surface area (Å²) < 4.78 is 3.21. The van der Waals surface area contributed by atoms with Crippen molar-refractivity contribution in [3.8, 4) is 0 Å². The SMILES string of the molecule is OC[C@H](O)Cn1nc2c(Br)c(Br)c(Br)c(Br)c2n1. The number of hydrogen-bond donors (Lipinski definition) is 2. The summed E-state index contributed by atoms with van der Waals surface area (Å²) in [5.74, 6) is 0. The van der Waals surface area contributed by atoms with E-state index in [9.17, 15) is 5.11 Å². The molecule has 0 saturated heterocycles. The lowest BCUT2D eigenvalue weighted by molar-refractivity contribution is 0.0749. The third-order valence-corrected chi connectivity index (χ3v) is 6.96. The molecule has 1 atom stereocenters. The molecule has 0 aliphatic carbocycles. The van der Waals surface area contributed by atoms with Crippen LogP contribution in [-0.4, -0.2) is 37.9 Å². The summed E-state index contributed by atoms with van der Waals surface area (Å²) >= 11 is 13.7. The highest BCUT2D eigenvalue weighted by atomic mass is 79.9. The minimum absolute atomic E-state index is 0.138. The Morgan fingerprint density at radius 3 is 1.78 bits per heavy atom. The summed E-state index contributed by atoms with van der Waals surface area (Å²) in [6.07, 6.45) is -0.878.